The summed E-state index contributed by atoms with van der Waals surface area (Å²) in [5, 5.41) is 3.07. The minimum atomic E-state index is 0.358. The van der Waals surface area contributed by atoms with Crippen LogP contribution in [0, 0.1) is 0 Å². The van der Waals surface area contributed by atoms with E-state index in [9.17, 15) is 0 Å². The number of hydrogen-bond acceptors (Lipinski definition) is 2. The van der Waals surface area contributed by atoms with Gasteiger partial charge in [-0.05, 0) is 39.9 Å². The Kier molecular flexibility index (Phi) is 8.09. The molecule has 0 aliphatic rings. The van der Waals surface area contributed by atoms with Gasteiger partial charge in [-0.2, -0.15) is 0 Å². The first kappa shape index (κ1) is 14.2. The first-order chi connectivity index (χ1) is 7.10. The van der Waals surface area contributed by atoms with Crippen LogP contribution in [0.3, 0.4) is 0 Å². The molecular weight excluding hydrogens is 188 g/mol. The summed E-state index contributed by atoms with van der Waals surface area (Å²) in [4.78, 5) is 6.65. The van der Waals surface area contributed by atoms with Gasteiger partial charge in [0.15, 0.2) is 5.96 Å². The lowest BCUT2D eigenvalue weighted by atomic mass is 10.3. The maximum Gasteiger partial charge on any atom is 0.188 e. The summed E-state index contributed by atoms with van der Waals surface area (Å²) < 4.78 is 0. The normalized spacial score (nSPS) is 12.5. The molecule has 0 saturated carbocycles. The first-order valence-corrected chi connectivity index (χ1v) is 5.88. The zero-order valence-corrected chi connectivity index (χ0v) is 10.6. The summed E-state index contributed by atoms with van der Waals surface area (Å²) in [5.41, 5.74) is 5.68. The van der Waals surface area contributed by atoms with E-state index in [-0.39, 0.29) is 0 Å². The van der Waals surface area contributed by atoms with Crippen molar-refractivity contribution in [2.45, 2.75) is 40.2 Å². The molecule has 0 unspecified atom stereocenters. The van der Waals surface area contributed by atoms with Crippen molar-refractivity contribution in [3.05, 3.63) is 0 Å². The smallest absolute Gasteiger partial charge is 0.188 e. The summed E-state index contributed by atoms with van der Waals surface area (Å²) in [6.45, 7) is 12.6. The van der Waals surface area contributed by atoms with Crippen molar-refractivity contribution >= 4 is 5.96 Å². The van der Waals surface area contributed by atoms with Crippen LogP contribution in [0.15, 0.2) is 4.99 Å². The second kappa shape index (κ2) is 8.53. The van der Waals surface area contributed by atoms with E-state index in [2.05, 4.69) is 42.9 Å². The Balaban J connectivity index is 3.59. The van der Waals surface area contributed by atoms with E-state index in [0.717, 1.165) is 32.6 Å². The van der Waals surface area contributed by atoms with Crippen LogP contribution in [0.25, 0.3) is 0 Å². The van der Waals surface area contributed by atoms with Crippen molar-refractivity contribution in [2.24, 2.45) is 10.7 Å². The third kappa shape index (κ3) is 8.24. The monoisotopic (exact) mass is 214 g/mol. The predicted molar refractivity (Wildman–Crippen MR) is 67.2 cm³/mol. The average Bonchev–Trinajstić information content (AvgIpc) is 2.17. The van der Waals surface area contributed by atoms with E-state index in [1.165, 1.54) is 0 Å². The van der Waals surface area contributed by atoms with Crippen molar-refractivity contribution in [3.8, 4) is 0 Å². The van der Waals surface area contributed by atoms with Crippen LogP contribution in [0.4, 0.5) is 0 Å². The Bertz CT molecular complexity index is 173. The Morgan fingerprint density at radius 1 is 1.33 bits per heavy atom. The molecule has 0 aromatic rings. The molecule has 0 aliphatic carbocycles. The molecule has 0 bridgehead atoms. The van der Waals surface area contributed by atoms with Crippen LogP contribution < -0.4 is 11.1 Å². The van der Waals surface area contributed by atoms with Gasteiger partial charge in [0.25, 0.3) is 0 Å². The first-order valence-electron chi connectivity index (χ1n) is 5.88. The van der Waals surface area contributed by atoms with Gasteiger partial charge in [-0.1, -0.05) is 13.8 Å². The van der Waals surface area contributed by atoms with E-state index in [4.69, 9.17) is 5.73 Å². The fourth-order valence-electron chi connectivity index (χ4n) is 1.38. The third-order valence-electron chi connectivity index (χ3n) is 2.25. The Morgan fingerprint density at radius 2 is 1.93 bits per heavy atom. The second-order valence-electron chi connectivity index (χ2n) is 3.95. The number of rotatable bonds is 7. The molecule has 0 amide bonds. The van der Waals surface area contributed by atoms with Crippen LogP contribution in [0.2, 0.25) is 0 Å². The van der Waals surface area contributed by atoms with Crippen molar-refractivity contribution in [1.82, 2.24) is 10.2 Å². The number of nitrogens with zero attached hydrogens (tertiary/aromatic N) is 2. The van der Waals surface area contributed by atoms with Gasteiger partial charge in [-0.25, -0.2) is 0 Å². The van der Waals surface area contributed by atoms with E-state index < -0.39 is 0 Å². The van der Waals surface area contributed by atoms with Crippen LogP contribution in [-0.4, -0.2) is 43.1 Å². The minimum Gasteiger partial charge on any atom is -0.370 e. The molecule has 0 fully saturated rings. The minimum absolute atomic E-state index is 0.358. The topological polar surface area (TPSA) is 53.6 Å². The summed E-state index contributed by atoms with van der Waals surface area (Å²) >= 11 is 0. The van der Waals surface area contributed by atoms with Gasteiger partial charge in [0.2, 0.25) is 0 Å². The SMILES string of the molecule is CCN(CC)CCCN=C(N)NC(C)C. The molecule has 0 rings (SSSR count). The Labute approximate surface area is 93.9 Å². The third-order valence-corrected chi connectivity index (χ3v) is 2.25. The summed E-state index contributed by atoms with van der Waals surface area (Å²) in [6.07, 6.45) is 1.07. The molecule has 0 aliphatic heterocycles. The average molecular weight is 214 g/mol. The molecule has 0 radical (unpaired) electrons. The maximum absolute atomic E-state index is 5.68. The predicted octanol–water partition coefficient (Wildman–Crippen LogP) is 1.03. The van der Waals surface area contributed by atoms with Gasteiger partial charge in [0.1, 0.15) is 0 Å². The molecule has 0 atom stereocenters. The molecule has 3 N–H and O–H groups in total. The number of guanidine groups is 1. The molecule has 15 heavy (non-hydrogen) atoms. The highest BCUT2D eigenvalue weighted by molar-refractivity contribution is 5.77. The van der Waals surface area contributed by atoms with Gasteiger partial charge >= 0.3 is 0 Å². The summed E-state index contributed by atoms with van der Waals surface area (Å²) in [6, 6.07) is 0.358. The van der Waals surface area contributed by atoms with E-state index >= 15 is 0 Å². The van der Waals surface area contributed by atoms with Crippen LogP contribution in [0.5, 0.6) is 0 Å². The largest absolute Gasteiger partial charge is 0.370 e. The van der Waals surface area contributed by atoms with Gasteiger partial charge in [0, 0.05) is 12.6 Å². The van der Waals surface area contributed by atoms with Crippen molar-refractivity contribution in [1.29, 1.82) is 0 Å². The standard InChI is InChI=1S/C11H26N4/c1-5-15(6-2)9-7-8-13-11(12)14-10(3)4/h10H,5-9H2,1-4H3,(H3,12,13,14). The van der Waals surface area contributed by atoms with Crippen LogP contribution >= 0.6 is 0 Å². The van der Waals surface area contributed by atoms with E-state index in [1.54, 1.807) is 0 Å². The number of nitrogens with one attached hydrogen (secondary N) is 1. The van der Waals surface area contributed by atoms with E-state index in [1.807, 2.05) is 0 Å². The zero-order chi connectivity index (χ0) is 11.7. The molecule has 0 aromatic carbocycles. The lowest BCUT2D eigenvalue weighted by Crippen LogP contribution is -2.37. The Hall–Kier alpha value is -0.770. The summed E-state index contributed by atoms with van der Waals surface area (Å²) in [7, 11) is 0. The van der Waals surface area contributed by atoms with E-state index in [0.29, 0.717) is 12.0 Å². The van der Waals surface area contributed by atoms with Crippen molar-refractivity contribution < 1.29 is 0 Å². The highest BCUT2D eigenvalue weighted by atomic mass is 15.1. The highest BCUT2D eigenvalue weighted by Crippen LogP contribution is 1.90. The molecule has 0 aromatic heterocycles. The summed E-state index contributed by atoms with van der Waals surface area (Å²) in [5.74, 6) is 0.560. The lowest BCUT2D eigenvalue weighted by molar-refractivity contribution is 0.302. The molecule has 4 heteroatoms. The molecule has 0 spiro atoms. The van der Waals surface area contributed by atoms with Crippen LogP contribution in [-0.2, 0) is 0 Å². The number of nitrogens with two attached hydrogens (primary N) is 1. The molecule has 4 nitrogen and oxygen atoms in total. The quantitative estimate of drug-likeness (QED) is 0.378. The number of hydrogen-bond donors (Lipinski definition) is 2. The lowest BCUT2D eigenvalue weighted by Gasteiger charge is -2.16. The highest BCUT2D eigenvalue weighted by Gasteiger charge is 1.98. The number of aliphatic imine (C=N–C) groups is 1. The molecule has 0 heterocycles. The van der Waals surface area contributed by atoms with Gasteiger partial charge < -0.3 is 16.0 Å². The zero-order valence-electron chi connectivity index (χ0n) is 10.6. The second-order valence-corrected chi connectivity index (χ2v) is 3.95. The van der Waals surface area contributed by atoms with Gasteiger partial charge in [-0.15, -0.1) is 0 Å². The van der Waals surface area contributed by atoms with Crippen molar-refractivity contribution in [3.63, 3.8) is 0 Å². The molecule has 90 valence electrons. The molecule has 0 saturated heterocycles. The Morgan fingerprint density at radius 3 is 2.40 bits per heavy atom. The van der Waals surface area contributed by atoms with Gasteiger partial charge in [-0.3, -0.25) is 4.99 Å². The van der Waals surface area contributed by atoms with Crippen molar-refractivity contribution in [2.75, 3.05) is 26.2 Å². The fraction of sp³-hybridized carbons (Fsp3) is 0.909. The fourth-order valence-corrected chi connectivity index (χ4v) is 1.38. The molecular formula is C11H26N4. The maximum atomic E-state index is 5.68. The van der Waals surface area contributed by atoms with Gasteiger partial charge in [0.05, 0.1) is 0 Å². The van der Waals surface area contributed by atoms with Crippen LogP contribution in [0.1, 0.15) is 34.1 Å².